The van der Waals surface area contributed by atoms with Crippen molar-refractivity contribution in [3.8, 4) is 0 Å². The first-order valence-electron chi connectivity index (χ1n) is 6.38. The fraction of sp³-hybridized carbons (Fsp3) is 0.429. The van der Waals surface area contributed by atoms with E-state index in [2.05, 4.69) is 10.4 Å². The van der Waals surface area contributed by atoms with Crippen LogP contribution in [-0.4, -0.2) is 22.9 Å². The summed E-state index contributed by atoms with van der Waals surface area (Å²) in [6.45, 7) is 4.98. The molecule has 0 saturated carbocycles. The molecular formula is C14H19N3O3. The molecule has 20 heavy (non-hydrogen) atoms. The number of ether oxygens (including phenoxy) is 1. The van der Waals surface area contributed by atoms with Crippen LogP contribution in [0.15, 0.2) is 16.7 Å². The lowest BCUT2D eigenvalue weighted by Crippen LogP contribution is -2.12. The molecule has 2 rings (SSSR count). The average Bonchev–Trinajstić information content (AvgIpc) is 2.92. The van der Waals surface area contributed by atoms with E-state index >= 15 is 0 Å². The SMILES string of the molecule is COC(=O)c1cc(CNCc2cn(C)nc2C)oc1C. The van der Waals surface area contributed by atoms with Crippen molar-refractivity contribution < 1.29 is 13.9 Å². The lowest BCUT2D eigenvalue weighted by molar-refractivity contribution is 0.0599. The third-order valence-electron chi connectivity index (χ3n) is 3.10. The van der Waals surface area contributed by atoms with Gasteiger partial charge in [-0.2, -0.15) is 5.10 Å². The highest BCUT2D eigenvalue weighted by Gasteiger charge is 2.15. The van der Waals surface area contributed by atoms with Crippen molar-refractivity contribution in [3.63, 3.8) is 0 Å². The van der Waals surface area contributed by atoms with Gasteiger partial charge in [-0.1, -0.05) is 0 Å². The third-order valence-corrected chi connectivity index (χ3v) is 3.10. The number of aromatic nitrogens is 2. The van der Waals surface area contributed by atoms with Gasteiger partial charge in [0, 0.05) is 25.4 Å². The van der Waals surface area contributed by atoms with E-state index in [0.717, 1.165) is 11.3 Å². The van der Waals surface area contributed by atoms with Crippen LogP contribution in [0.3, 0.4) is 0 Å². The van der Waals surface area contributed by atoms with Gasteiger partial charge in [0.2, 0.25) is 0 Å². The predicted molar refractivity (Wildman–Crippen MR) is 73.3 cm³/mol. The highest BCUT2D eigenvalue weighted by molar-refractivity contribution is 5.90. The summed E-state index contributed by atoms with van der Waals surface area (Å²) in [5.41, 5.74) is 2.62. The van der Waals surface area contributed by atoms with Gasteiger partial charge in [-0.05, 0) is 19.9 Å². The van der Waals surface area contributed by atoms with Gasteiger partial charge in [-0.15, -0.1) is 0 Å². The molecule has 0 bridgehead atoms. The van der Waals surface area contributed by atoms with Crippen molar-refractivity contribution in [1.29, 1.82) is 0 Å². The minimum Gasteiger partial charge on any atom is -0.465 e. The van der Waals surface area contributed by atoms with Crippen molar-refractivity contribution >= 4 is 5.97 Å². The van der Waals surface area contributed by atoms with E-state index in [1.165, 1.54) is 7.11 Å². The number of carbonyl (C=O) groups is 1. The zero-order chi connectivity index (χ0) is 14.7. The number of aryl methyl sites for hydroxylation is 3. The van der Waals surface area contributed by atoms with Crippen molar-refractivity contribution in [2.24, 2.45) is 7.05 Å². The molecule has 0 unspecified atom stereocenters. The highest BCUT2D eigenvalue weighted by Crippen LogP contribution is 2.15. The molecule has 0 aromatic carbocycles. The first kappa shape index (κ1) is 14.3. The summed E-state index contributed by atoms with van der Waals surface area (Å²) in [6.07, 6.45) is 1.98. The van der Waals surface area contributed by atoms with Gasteiger partial charge in [-0.3, -0.25) is 4.68 Å². The molecule has 0 aliphatic carbocycles. The van der Waals surface area contributed by atoms with Crippen LogP contribution in [0, 0.1) is 13.8 Å². The van der Waals surface area contributed by atoms with E-state index in [4.69, 9.17) is 9.15 Å². The Bertz CT molecular complexity index is 613. The van der Waals surface area contributed by atoms with E-state index in [0.29, 0.717) is 30.2 Å². The average molecular weight is 277 g/mol. The maximum absolute atomic E-state index is 11.5. The Morgan fingerprint density at radius 1 is 1.45 bits per heavy atom. The zero-order valence-electron chi connectivity index (χ0n) is 12.2. The summed E-state index contributed by atoms with van der Waals surface area (Å²) in [5, 5.41) is 7.55. The van der Waals surface area contributed by atoms with E-state index in [1.807, 2.05) is 20.2 Å². The number of rotatable bonds is 5. The maximum atomic E-state index is 11.5. The first-order valence-corrected chi connectivity index (χ1v) is 6.38. The van der Waals surface area contributed by atoms with Gasteiger partial charge in [0.05, 0.1) is 19.3 Å². The number of esters is 1. The summed E-state index contributed by atoms with van der Waals surface area (Å²) in [6, 6.07) is 1.71. The van der Waals surface area contributed by atoms with Crippen LogP contribution in [0.5, 0.6) is 0 Å². The molecule has 2 heterocycles. The Balaban J connectivity index is 1.95. The second kappa shape index (κ2) is 5.92. The number of nitrogens with one attached hydrogen (secondary N) is 1. The fourth-order valence-electron chi connectivity index (χ4n) is 2.09. The highest BCUT2D eigenvalue weighted by atomic mass is 16.5. The number of nitrogens with zero attached hydrogens (tertiary/aromatic N) is 2. The van der Waals surface area contributed by atoms with Crippen LogP contribution in [0.4, 0.5) is 0 Å². The second-order valence-corrected chi connectivity index (χ2v) is 4.69. The van der Waals surface area contributed by atoms with Crippen LogP contribution in [0.1, 0.15) is 33.1 Å². The number of hydrogen-bond donors (Lipinski definition) is 1. The number of hydrogen-bond acceptors (Lipinski definition) is 5. The molecule has 6 heteroatoms. The molecule has 1 N–H and O–H groups in total. The minimum absolute atomic E-state index is 0.374. The molecule has 0 spiro atoms. The topological polar surface area (TPSA) is 69.3 Å². The van der Waals surface area contributed by atoms with Crippen molar-refractivity contribution in [1.82, 2.24) is 15.1 Å². The van der Waals surface area contributed by atoms with E-state index in [9.17, 15) is 4.79 Å². The zero-order valence-corrected chi connectivity index (χ0v) is 12.2. The molecule has 2 aromatic rings. The van der Waals surface area contributed by atoms with Crippen molar-refractivity contribution in [3.05, 3.63) is 40.6 Å². The van der Waals surface area contributed by atoms with Crippen LogP contribution in [0.25, 0.3) is 0 Å². The molecule has 0 amide bonds. The number of methoxy groups -OCH3 is 1. The lowest BCUT2D eigenvalue weighted by Gasteiger charge is -2.00. The molecule has 0 saturated heterocycles. The van der Waals surface area contributed by atoms with Gasteiger partial charge >= 0.3 is 5.97 Å². The molecule has 0 atom stereocenters. The molecule has 6 nitrogen and oxygen atoms in total. The second-order valence-electron chi connectivity index (χ2n) is 4.69. The van der Waals surface area contributed by atoms with Crippen LogP contribution in [-0.2, 0) is 24.9 Å². The largest absolute Gasteiger partial charge is 0.465 e. The molecule has 0 radical (unpaired) electrons. The van der Waals surface area contributed by atoms with Gasteiger partial charge < -0.3 is 14.5 Å². The third kappa shape index (κ3) is 3.08. The maximum Gasteiger partial charge on any atom is 0.341 e. The monoisotopic (exact) mass is 277 g/mol. The van der Waals surface area contributed by atoms with Gasteiger partial charge in [0.1, 0.15) is 17.1 Å². The quantitative estimate of drug-likeness (QED) is 0.842. The van der Waals surface area contributed by atoms with Gasteiger partial charge in [0.15, 0.2) is 0 Å². The Kier molecular flexibility index (Phi) is 4.24. The molecule has 0 fully saturated rings. The number of carbonyl (C=O) groups excluding carboxylic acids is 1. The molecule has 0 aliphatic heterocycles. The molecule has 0 aliphatic rings. The number of furan rings is 1. The minimum atomic E-state index is -0.374. The van der Waals surface area contributed by atoms with Crippen LogP contribution in [0.2, 0.25) is 0 Å². The van der Waals surface area contributed by atoms with E-state index < -0.39 is 0 Å². The fourth-order valence-corrected chi connectivity index (χ4v) is 2.09. The van der Waals surface area contributed by atoms with Crippen LogP contribution < -0.4 is 5.32 Å². The predicted octanol–water partition coefficient (Wildman–Crippen LogP) is 1.71. The summed E-state index contributed by atoms with van der Waals surface area (Å²) in [7, 11) is 3.26. The lowest BCUT2D eigenvalue weighted by atomic mass is 10.2. The molecule has 108 valence electrons. The summed E-state index contributed by atoms with van der Waals surface area (Å²) in [5.74, 6) is 0.913. The van der Waals surface area contributed by atoms with E-state index in [1.54, 1.807) is 17.7 Å². The smallest absolute Gasteiger partial charge is 0.341 e. The Morgan fingerprint density at radius 2 is 2.20 bits per heavy atom. The Morgan fingerprint density at radius 3 is 2.80 bits per heavy atom. The van der Waals surface area contributed by atoms with Crippen molar-refractivity contribution in [2.45, 2.75) is 26.9 Å². The van der Waals surface area contributed by atoms with Gasteiger partial charge in [0.25, 0.3) is 0 Å². The Hall–Kier alpha value is -2.08. The summed E-state index contributed by atoms with van der Waals surface area (Å²) in [4.78, 5) is 11.5. The van der Waals surface area contributed by atoms with Gasteiger partial charge in [-0.25, -0.2) is 4.79 Å². The normalized spacial score (nSPS) is 10.8. The van der Waals surface area contributed by atoms with E-state index in [-0.39, 0.29) is 5.97 Å². The molecule has 2 aromatic heterocycles. The summed E-state index contributed by atoms with van der Waals surface area (Å²) >= 11 is 0. The summed E-state index contributed by atoms with van der Waals surface area (Å²) < 4.78 is 12.0. The first-order chi connectivity index (χ1) is 9.51. The van der Waals surface area contributed by atoms with Crippen molar-refractivity contribution in [2.75, 3.05) is 7.11 Å². The standard InChI is InChI=1S/C14H19N3O3/c1-9-11(8-17(3)16-9)6-15-7-12-5-13(10(2)20-12)14(18)19-4/h5,8,15H,6-7H2,1-4H3. The Labute approximate surface area is 117 Å². The molecular weight excluding hydrogens is 258 g/mol. The van der Waals surface area contributed by atoms with Crippen LogP contribution >= 0.6 is 0 Å².